The van der Waals surface area contributed by atoms with E-state index in [1.54, 1.807) is 0 Å². The molecule has 0 unspecified atom stereocenters. The van der Waals surface area contributed by atoms with Crippen molar-refractivity contribution in [1.82, 2.24) is 0 Å². The van der Waals surface area contributed by atoms with E-state index in [0.29, 0.717) is 13.2 Å². The Kier molecular flexibility index (Phi) is 30.9. The molecule has 0 aromatic carbocycles. The summed E-state index contributed by atoms with van der Waals surface area (Å²) in [4.78, 5) is 11.7. The maximum atomic E-state index is 11.7. The maximum absolute atomic E-state index is 11.7. The van der Waals surface area contributed by atoms with Crippen LogP contribution in [-0.4, -0.2) is 19.4 Å². The summed E-state index contributed by atoms with van der Waals surface area (Å²) in [5, 5.41) is 0. The number of ether oxygens (including phenoxy) is 2. The number of hydrogen-bond donors (Lipinski definition) is 0. The maximum Gasteiger partial charge on any atom is 0.508 e. The minimum Gasteiger partial charge on any atom is -0.434 e. The second-order valence-electron chi connectivity index (χ2n) is 11.6. The van der Waals surface area contributed by atoms with Crippen molar-refractivity contribution < 1.29 is 14.3 Å². The van der Waals surface area contributed by atoms with Gasteiger partial charge in [-0.25, -0.2) is 4.79 Å². The van der Waals surface area contributed by atoms with Gasteiger partial charge in [0.15, 0.2) is 0 Å². The Morgan fingerprint density at radius 2 is 0.921 bits per heavy atom. The van der Waals surface area contributed by atoms with Gasteiger partial charge in [-0.15, -0.1) is 0 Å². The molecule has 0 saturated carbocycles. The highest BCUT2D eigenvalue weighted by molar-refractivity contribution is 5.59. The molecule has 0 N–H and O–H groups in total. The van der Waals surface area contributed by atoms with Gasteiger partial charge in [-0.2, -0.15) is 0 Å². The van der Waals surface area contributed by atoms with Crippen LogP contribution in [0.25, 0.3) is 0 Å². The Hall–Kier alpha value is -1.25. The molecular weight excluding hydrogens is 468 g/mol. The number of hydrogen-bond acceptors (Lipinski definition) is 3. The van der Waals surface area contributed by atoms with Crippen molar-refractivity contribution in [2.45, 2.75) is 175 Å². The van der Waals surface area contributed by atoms with Crippen LogP contribution in [0.2, 0.25) is 0 Å². The van der Waals surface area contributed by atoms with Crippen LogP contribution in [0.5, 0.6) is 0 Å². The predicted molar refractivity (Wildman–Crippen MR) is 167 cm³/mol. The van der Waals surface area contributed by atoms with Crippen molar-refractivity contribution in [3.63, 3.8) is 0 Å². The van der Waals surface area contributed by atoms with Gasteiger partial charge in [-0.1, -0.05) is 154 Å². The number of unbranched alkanes of at least 4 members (excludes halogenated alkanes) is 19. The Morgan fingerprint density at radius 1 is 0.526 bits per heavy atom. The molecule has 0 atom stereocenters. The fourth-order valence-electron chi connectivity index (χ4n) is 4.69. The molecule has 0 rings (SSSR count). The SMILES string of the molecule is CCCCC/C=C\C/C=C\CCCCCCCCOC(=O)OCCCCCCCCCCCCCC(C)C. The van der Waals surface area contributed by atoms with E-state index in [9.17, 15) is 4.79 Å². The average Bonchev–Trinajstić information content (AvgIpc) is 2.90. The van der Waals surface area contributed by atoms with Crippen LogP contribution in [0, 0.1) is 5.92 Å². The molecule has 0 heterocycles. The van der Waals surface area contributed by atoms with Gasteiger partial charge >= 0.3 is 6.16 Å². The third-order valence-corrected chi connectivity index (χ3v) is 7.21. The second kappa shape index (κ2) is 32.0. The van der Waals surface area contributed by atoms with Gasteiger partial charge in [0.25, 0.3) is 0 Å². The molecule has 0 amide bonds. The lowest BCUT2D eigenvalue weighted by Crippen LogP contribution is -2.09. The third kappa shape index (κ3) is 32.8. The van der Waals surface area contributed by atoms with E-state index in [1.165, 1.54) is 122 Å². The Bertz CT molecular complexity index is 523. The van der Waals surface area contributed by atoms with Gasteiger partial charge in [0.1, 0.15) is 0 Å². The number of allylic oxidation sites excluding steroid dienone is 4. The monoisotopic (exact) mass is 535 g/mol. The van der Waals surface area contributed by atoms with E-state index >= 15 is 0 Å². The summed E-state index contributed by atoms with van der Waals surface area (Å²) >= 11 is 0. The lowest BCUT2D eigenvalue weighted by Gasteiger charge is -2.07. The first kappa shape index (κ1) is 36.8. The van der Waals surface area contributed by atoms with Crippen molar-refractivity contribution in [3.05, 3.63) is 24.3 Å². The first-order valence-corrected chi connectivity index (χ1v) is 16.8. The van der Waals surface area contributed by atoms with Crippen LogP contribution < -0.4 is 0 Å². The molecule has 3 heteroatoms. The topological polar surface area (TPSA) is 35.5 Å². The van der Waals surface area contributed by atoms with Crippen LogP contribution in [0.4, 0.5) is 4.79 Å². The van der Waals surface area contributed by atoms with Crippen LogP contribution in [0.15, 0.2) is 24.3 Å². The lowest BCUT2D eigenvalue weighted by atomic mass is 10.0. The van der Waals surface area contributed by atoms with E-state index in [4.69, 9.17) is 9.47 Å². The number of rotatable bonds is 29. The van der Waals surface area contributed by atoms with Crippen molar-refractivity contribution in [3.8, 4) is 0 Å². The smallest absolute Gasteiger partial charge is 0.434 e. The molecule has 0 saturated heterocycles. The van der Waals surface area contributed by atoms with Crippen LogP contribution in [0.1, 0.15) is 175 Å². The standard InChI is InChI=1S/C35H66O3/c1-4-5-6-7-8-9-10-11-12-13-14-17-20-23-26-29-32-37-35(36)38-33-30-27-24-21-18-15-16-19-22-25-28-31-34(2)3/h8-9,11-12,34H,4-7,10,13-33H2,1-3H3/b9-8-,12-11-. The van der Waals surface area contributed by atoms with Gasteiger partial charge in [-0.05, 0) is 50.9 Å². The van der Waals surface area contributed by atoms with Crippen LogP contribution >= 0.6 is 0 Å². The molecule has 0 aromatic heterocycles. The van der Waals surface area contributed by atoms with Crippen LogP contribution in [0.3, 0.4) is 0 Å². The quantitative estimate of drug-likeness (QED) is 0.0543. The predicted octanol–water partition coefficient (Wildman–Crippen LogP) is 12.3. The summed E-state index contributed by atoms with van der Waals surface area (Å²) < 4.78 is 10.4. The number of carbonyl (C=O) groups is 1. The Labute approximate surface area is 238 Å². The highest BCUT2D eigenvalue weighted by Gasteiger charge is 2.03. The normalized spacial score (nSPS) is 11.8. The van der Waals surface area contributed by atoms with Gasteiger partial charge in [-0.3, -0.25) is 0 Å². The van der Waals surface area contributed by atoms with Gasteiger partial charge < -0.3 is 9.47 Å². The Morgan fingerprint density at radius 3 is 1.37 bits per heavy atom. The van der Waals surface area contributed by atoms with Crippen molar-refractivity contribution in [2.75, 3.05) is 13.2 Å². The molecule has 38 heavy (non-hydrogen) atoms. The minimum absolute atomic E-state index is 0.485. The first-order chi connectivity index (χ1) is 18.7. The molecule has 0 aliphatic rings. The number of carbonyl (C=O) groups excluding carboxylic acids is 1. The second-order valence-corrected chi connectivity index (χ2v) is 11.6. The largest absolute Gasteiger partial charge is 0.508 e. The fourth-order valence-corrected chi connectivity index (χ4v) is 4.69. The van der Waals surface area contributed by atoms with Gasteiger partial charge in [0.2, 0.25) is 0 Å². The van der Waals surface area contributed by atoms with Crippen molar-refractivity contribution >= 4 is 6.16 Å². The van der Waals surface area contributed by atoms with E-state index in [2.05, 4.69) is 45.1 Å². The molecule has 0 bridgehead atoms. The lowest BCUT2D eigenvalue weighted by molar-refractivity contribution is 0.0529. The molecule has 0 spiro atoms. The van der Waals surface area contributed by atoms with E-state index < -0.39 is 6.16 Å². The molecule has 3 nitrogen and oxygen atoms in total. The van der Waals surface area contributed by atoms with Crippen LogP contribution in [-0.2, 0) is 9.47 Å². The fraction of sp³-hybridized carbons (Fsp3) is 0.857. The molecule has 0 radical (unpaired) electrons. The minimum atomic E-state index is -0.485. The summed E-state index contributed by atoms with van der Waals surface area (Å²) in [7, 11) is 0. The molecule has 0 fully saturated rings. The summed E-state index contributed by atoms with van der Waals surface area (Å²) in [6, 6.07) is 0. The van der Waals surface area contributed by atoms with E-state index in [1.807, 2.05) is 0 Å². The first-order valence-electron chi connectivity index (χ1n) is 16.8. The summed E-state index contributed by atoms with van der Waals surface area (Å²) in [6.45, 7) is 7.88. The van der Waals surface area contributed by atoms with Crippen molar-refractivity contribution in [1.29, 1.82) is 0 Å². The summed E-state index contributed by atoms with van der Waals surface area (Å²) in [5.74, 6) is 0.858. The van der Waals surface area contributed by atoms with Crippen molar-refractivity contribution in [2.24, 2.45) is 5.92 Å². The Balaban J connectivity index is 3.22. The zero-order valence-corrected chi connectivity index (χ0v) is 26.0. The highest BCUT2D eigenvalue weighted by Crippen LogP contribution is 2.14. The molecule has 0 aromatic rings. The average molecular weight is 535 g/mol. The van der Waals surface area contributed by atoms with E-state index in [-0.39, 0.29) is 0 Å². The third-order valence-electron chi connectivity index (χ3n) is 7.21. The molecule has 0 aliphatic heterocycles. The zero-order chi connectivity index (χ0) is 27.8. The highest BCUT2D eigenvalue weighted by atomic mass is 16.7. The van der Waals surface area contributed by atoms with E-state index in [0.717, 1.165) is 38.0 Å². The summed E-state index contributed by atoms with van der Waals surface area (Å²) in [5.41, 5.74) is 0. The van der Waals surface area contributed by atoms with Gasteiger partial charge in [0.05, 0.1) is 13.2 Å². The molecule has 0 aliphatic carbocycles. The van der Waals surface area contributed by atoms with Gasteiger partial charge in [0, 0.05) is 0 Å². The zero-order valence-electron chi connectivity index (χ0n) is 26.0. The summed E-state index contributed by atoms with van der Waals surface area (Å²) in [6.07, 6.45) is 39.2. The molecule has 224 valence electrons. The molecular formula is C35H66O3.